The van der Waals surface area contributed by atoms with E-state index in [-0.39, 0.29) is 10.7 Å². The van der Waals surface area contributed by atoms with E-state index in [1.165, 1.54) is 20.2 Å². The van der Waals surface area contributed by atoms with Crippen LogP contribution >= 0.6 is 0 Å². The largest absolute Gasteiger partial charge is 0.457 e. The number of hydrogen-bond acceptors (Lipinski definition) is 9. The van der Waals surface area contributed by atoms with E-state index in [1.54, 1.807) is 18.2 Å². The van der Waals surface area contributed by atoms with Crippen LogP contribution in [0, 0.1) is 5.92 Å². The van der Waals surface area contributed by atoms with Crippen molar-refractivity contribution in [1.82, 2.24) is 14.0 Å². The SMILES string of the molecule is Cn1c(N)c(C(=O)COC(=O)C2CCN(C3=NS(=O)(=O)c4ccccc43)CC2)c(=O)n(C)c1=O. The zero-order valence-electron chi connectivity index (χ0n) is 18.6. The summed E-state index contributed by atoms with van der Waals surface area (Å²) >= 11 is 0. The van der Waals surface area contributed by atoms with Crippen molar-refractivity contribution in [2.24, 2.45) is 24.4 Å². The third-order valence-electron chi connectivity index (χ3n) is 6.07. The van der Waals surface area contributed by atoms with Crippen molar-refractivity contribution in [3.63, 3.8) is 0 Å². The number of likely N-dealkylation sites (tertiary alicyclic amines) is 1. The van der Waals surface area contributed by atoms with Gasteiger partial charge >= 0.3 is 11.7 Å². The van der Waals surface area contributed by atoms with E-state index in [0.29, 0.717) is 37.3 Å². The first-order valence-electron chi connectivity index (χ1n) is 10.5. The molecule has 0 atom stereocenters. The first-order valence-corrected chi connectivity index (χ1v) is 11.9. The lowest BCUT2D eigenvalue weighted by molar-refractivity contribution is -0.148. The van der Waals surface area contributed by atoms with E-state index in [0.717, 1.165) is 9.13 Å². The minimum Gasteiger partial charge on any atom is -0.457 e. The molecule has 180 valence electrons. The zero-order valence-corrected chi connectivity index (χ0v) is 19.4. The van der Waals surface area contributed by atoms with Crippen molar-refractivity contribution >= 4 is 33.4 Å². The van der Waals surface area contributed by atoms with Crippen molar-refractivity contribution in [3.05, 3.63) is 56.2 Å². The van der Waals surface area contributed by atoms with Crippen LogP contribution in [0.2, 0.25) is 0 Å². The maximum absolute atomic E-state index is 12.5. The van der Waals surface area contributed by atoms with E-state index >= 15 is 0 Å². The lowest BCUT2D eigenvalue weighted by Crippen LogP contribution is -2.42. The number of sulfonamides is 1. The molecule has 13 heteroatoms. The van der Waals surface area contributed by atoms with E-state index in [4.69, 9.17) is 10.5 Å². The smallest absolute Gasteiger partial charge is 0.332 e. The molecule has 0 radical (unpaired) electrons. The third kappa shape index (κ3) is 3.91. The summed E-state index contributed by atoms with van der Waals surface area (Å²) in [6.45, 7) is 0.0738. The molecule has 4 rings (SSSR count). The van der Waals surface area contributed by atoms with Gasteiger partial charge < -0.3 is 15.4 Å². The van der Waals surface area contributed by atoms with Gasteiger partial charge in [0.2, 0.25) is 5.78 Å². The average Bonchev–Trinajstić information content (AvgIpc) is 3.11. The number of amidine groups is 1. The number of anilines is 1. The summed E-state index contributed by atoms with van der Waals surface area (Å²) < 4.78 is 35.3. The van der Waals surface area contributed by atoms with Crippen LogP contribution in [0.5, 0.6) is 0 Å². The fraction of sp³-hybridized carbons (Fsp3) is 0.381. The fourth-order valence-corrected chi connectivity index (χ4v) is 5.32. The van der Waals surface area contributed by atoms with Crippen LogP contribution < -0.4 is 17.0 Å². The molecule has 1 fully saturated rings. The number of nitrogen functional groups attached to an aromatic ring is 1. The van der Waals surface area contributed by atoms with Crippen molar-refractivity contribution in [2.75, 3.05) is 25.4 Å². The van der Waals surface area contributed by atoms with Crippen LogP contribution in [0.1, 0.15) is 28.8 Å². The molecule has 2 aliphatic rings. The van der Waals surface area contributed by atoms with Crippen LogP contribution in [0.3, 0.4) is 0 Å². The van der Waals surface area contributed by atoms with E-state index in [1.807, 2.05) is 4.90 Å². The predicted octanol–water partition coefficient (Wildman–Crippen LogP) is -0.747. The Morgan fingerprint density at radius 1 is 1.12 bits per heavy atom. The second-order valence-electron chi connectivity index (χ2n) is 8.14. The van der Waals surface area contributed by atoms with Gasteiger partial charge in [-0.05, 0) is 25.0 Å². The van der Waals surface area contributed by atoms with Gasteiger partial charge in [-0.15, -0.1) is 4.40 Å². The molecule has 2 aliphatic heterocycles. The molecule has 0 amide bonds. The molecule has 1 aromatic heterocycles. The lowest BCUT2D eigenvalue weighted by atomic mass is 9.96. The first-order chi connectivity index (χ1) is 16.0. The van der Waals surface area contributed by atoms with Gasteiger partial charge in [-0.25, -0.2) is 4.79 Å². The number of esters is 1. The summed E-state index contributed by atoms with van der Waals surface area (Å²) in [6.07, 6.45) is 0.746. The monoisotopic (exact) mass is 489 g/mol. The summed E-state index contributed by atoms with van der Waals surface area (Å²) in [5.74, 6) is -1.84. The standard InChI is InChI=1S/C21H23N5O7S/c1-24-17(22)16(19(28)25(2)21(24)30)14(27)11-33-20(29)12-7-9-26(10-8-12)18-13-5-3-4-6-15(13)34(31,32)23-18/h3-6,12H,7-11,22H2,1-2H3. The molecule has 3 heterocycles. The van der Waals surface area contributed by atoms with Gasteiger partial charge in [0.05, 0.1) is 5.92 Å². The molecule has 34 heavy (non-hydrogen) atoms. The average molecular weight is 490 g/mol. The Bertz CT molecular complexity index is 1450. The summed E-state index contributed by atoms with van der Waals surface area (Å²) in [7, 11) is -1.19. The molecule has 1 aromatic carbocycles. The number of nitrogens with zero attached hydrogens (tertiary/aromatic N) is 4. The molecule has 0 bridgehead atoms. The summed E-state index contributed by atoms with van der Waals surface area (Å²) in [5.41, 5.74) is 4.35. The van der Waals surface area contributed by atoms with Crippen LogP contribution in [0.25, 0.3) is 0 Å². The Morgan fingerprint density at radius 3 is 2.44 bits per heavy atom. The normalized spacial score (nSPS) is 17.2. The van der Waals surface area contributed by atoms with Gasteiger partial charge in [-0.3, -0.25) is 23.5 Å². The number of benzene rings is 1. The Hall–Kier alpha value is -3.74. The molecule has 1 saturated heterocycles. The van der Waals surface area contributed by atoms with Crippen LogP contribution in [0.4, 0.5) is 5.82 Å². The number of hydrogen-bond donors (Lipinski definition) is 1. The molecule has 0 spiro atoms. The highest BCUT2D eigenvalue weighted by atomic mass is 32.2. The van der Waals surface area contributed by atoms with E-state index < -0.39 is 51.1 Å². The van der Waals surface area contributed by atoms with Gasteiger partial charge in [-0.2, -0.15) is 8.42 Å². The quantitative estimate of drug-likeness (QED) is 0.430. The number of piperidine rings is 1. The lowest BCUT2D eigenvalue weighted by Gasteiger charge is -2.32. The summed E-state index contributed by atoms with van der Waals surface area (Å²) in [5, 5.41) is 0. The van der Waals surface area contributed by atoms with Crippen LogP contribution in [0.15, 0.2) is 43.1 Å². The van der Waals surface area contributed by atoms with Gasteiger partial charge in [0.15, 0.2) is 12.4 Å². The highest BCUT2D eigenvalue weighted by molar-refractivity contribution is 7.90. The number of carbonyl (C=O) groups is 2. The highest BCUT2D eigenvalue weighted by Gasteiger charge is 2.35. The van der Waals surface area contributed by atoms with E-state index in [2.05, 4.69) is 4.40 Å². The third-order valence-corrected chi connectivity index (χ3v) is 7.40. The second-order valence-corrected chi connectivity index (χ2v) is 9.72. The Balaban J connectivity index is 1.39. The molecular formula is C21H23N5O7S. The maximum atomic E-state index is 12.5. The maximum Gasteiger partial charge on any atom is 0.332 e. The van der Waals surface area contributed by atoms with Crippen LogP contribution in [-0.4, -0.2) is 59.7 Å². The molecule has 2 N–H and O–H groups in total. The molecule has 0 unspecified atom stereocenters. The predicted molar refractivity (Wildman–Crippen MR) is 121 cm³/mol. The molecule has 2 aromatic rings. The molecule has 0 saturated carbocycles. The van der Waals surface area contributed by atoms with Crippen molar-refractivity contribution in [2.45, 2.75) is 17.7 Å². The Kier molecular flexibility index (Phi) is 5.89. The van der Waals surface area contributed by atoms with Gasteiger partial charge in [-0.1, -0.05) is 12.1 Å². The zero-order chi connectivity index (χ0) is 24.8. The van der Waals surface area contributed by atoms with Crippen molar-refractivity contribution < 1.29 is 22.7 Å². The first kappa shape index (κ1) is 23.4. The second kappa shape index (κ2) is 8.56. The van der Waals surface area contributed by atoms with Gasteiger partial charge in [0.25, 0.3) is 15.6 Å². The number of fused-ring (bicyclic) bond motifs is 1. The number of aromatic nitrogens is 2. The minimum atomic E-state index is -3.74. The number of Topliss-reactive ketones (excluding diaryl/α,β-unsaturated/α-hetero) is 1. The van der Waals surface area contributed by atoms with Crippen LogP contribution in [-0.2, 0) is 33.7 Å². The van der Waals surface area contributed by atoms with Gasteiger partial charge in [0.1, 0.15) is 16.3 Å². The van der Waals surface area contributed by atoms with Gasteiger partial charge in [0, 0.05) is 32.7 Å². The Morgan fingerprint density at radius 2 is 1.76 bits per heavy atom. The van der Waals surface area contributed by atoms with E-state index in [9.17, 15) is 27.6 Å². The number of rotatable bonds is 4. The number of carbonyl (C=O) groups excluding carboxylic acids is 2. The number of nitrogens with two attached hydrogens (primary N) is 1. The summed E-state index contributed by atoms with van der Waals surface area (Å²) in [6, 6.07) is 6.57. The Labute approximate surface area is 194 Å². The number of ether oxygens (including phenoxy) is 1. The minimum absolute atomic E-state index is 0.161. The topological polar surface area (TPSA) is 163 Å². The van der Waals surface area contributed by atoms with Crippen molar-refractivity contribution in [1.29, 1.82) is 0 Å². The fourth-order valence-electron chi connectivity index (χ4n) is 4.09. The number of ketones is 1. The highest BCUT2D eigenvalue weighted by Crippen LogP contribution is 2.29. The molecule has 0 aliphatic carbocycles. The summed E-state index contributed by atoms with van der Waals surface area (Å²) in [4.78, 5) is 51.2. The molecular weight excluding hydrogens is 466 g/mol. The molecule has 12 nitrogen and oxygen atoms in total. The van der Waals surface area contributed by atoms with Crippen molar-refractivity contribution in [3.8, 4) is 0 Å².